The topological polar surface area (TPSA) is 85.4 Å². The zero-order valence-corrected chi connectivity index (χ0v) is 19.9. The van der Waals surface area contributed by atoms with Gasteiger partial charge in [0.05, 0.1) is 10.8 Å². The molecule has 2 atom stereocenters. The summed E-state index contributed by atoms with van der Waals surface area (Å²) in [6, 6.07) is 19.7. The van der Waals surface area contributed by atoms with Crippen LogP contribution in [-0.2, 0) is 20.9 Å². The number of nitrogens with zero attached hydrogens (tertiary/aromatic N) is 1. The molecule has 1 amide bonds. The molecule has 33 heavy (non-hydrogen) atoms. The molecule has 0 spiro atoms. The highest BCUT2D eigenvalue weighted by Crippen LogP contribution is 2.30. The lowest BCUT2D eigenvalue weighted by atomic mass is 9.97. The Morgan fingerprint density at radius 1 is 1.03 bits per heavy atom. The van der Waals surface area contributed by atoms with E-state index in [0.29, 0.717) is 11.3 Å². The highest BCUT2D eigenvalue weighted by molar-refractivity contribution is 8.14. The van der Waals surface area contributed by atoms with E-state index in [1.54, 1.807) is 42.7 Å². The number of esters is 1. The molecule has 0 aliphatic heterocycles. The van der Waals surface area contributed by atoms with Crippen molar-refractivity contribution in [3.05, 3.63) is 95.8 Å². The van der Waals surface area contributed by atoms with Crippen LogP contribution in [-0.4, -0.2) is 27.2 Å². The average Bonchev–Trinajstić information content (AvgIpc) is 2.81. The fraction of sp³-hybridized carbons (Fsp3) is 0.200. The summed E-state index contributed by atoms with van der Waals surface area (Å²) < 4.78 is 5.33. The number of hydrogen-bond donors (Lipinski definition) is 1. The molecule has 8 heteroatoms. The Labute approximate surface area is 203 Å². The summed E-state index contributed by atoms with van der Waals surface area (Å²) in [4.78, 5) is 41.3. The molecule has 0 aliphatic carbocycles. The minimum Gasteiger partial charge on any atom is -0.457 e. The van der Waals surface area contributed by atoms with Gasteiger partial charge in [0.15, 0.2) is 5.12 Å². The smallest absolute Gasteiger partial charge is 0.338 e. The minimum absolute atomic E-state index is 0. The van der Waals surface area contributed by atoms with Crippen LogP contribution in [0, 0.1) is 0 Å². The van der Waals surface area contributed by atoms with Gasteiger partial charge in [-0.15, -0.1) is 12.4 Å². The number of pyridine rings is 1. The minimum atomic E-state index is -0.615. The second kappa shape index (κ2) is 12.8. The standard InChI is InChI=1S/C25H24N2O4S.ClH/c1-17(20-9-4-3-5-10-20)23(32-18(2)28)24(29)27-22-12-6-11-21(14-22)25(30)31-16-19-8-7-13-26-15-19;/h3-15,17,23H,16H2,1-2H3,(H,27,29);1H. The average molecular weight is 485 g/mol. The summed E-state index contributed by atoms with van der Waals surface area (Å²) in [5.41, 5.74) is 2.53. The number of amides is 1. The molecule has 2 aromatic carbocycles. The second-order valence-corrected chi connectivity index (χ2v) is 8.56. The maximum Gasteiger partial charge on any atom is 0.338 e. The summed E-state index contributed by atoms with van der Waals surface area (Å²) in [6.07, 6.45) is 3.28. The van der Waals surface area contributed by atoms with Gasteiger partial charge in [0.2, 0.25) is 5.91 Å². The Hall–Kier alpha value is -3.16. The largest absolute Gasteiger partial charge is 0.457 e. The number of hydrogen-bond acceptors (Lipinski definition) is 6. The van der Waals surface area contributed by atoms with Crippen LogP contribution in [0.3, 0.4) is 0 Å². The second-order valence-electron chi connectivity index (χ2n) is 7.24. The van der Waals surface area contributed by atoms with Crippen molar-refractivity contribution in [3.8, 4) is 0 Å². The Morgan fingerprint density at radius 3 is 2.45 bits per heavy atom. The number of anilines is 1. The van der Waals surface area contributed by atoms with Crippen LogP contribution in [0.5, 0.6) is 0 Å². The van der Waals surface area contributed by atoms with Crippen molar-refractivity contribution in [2.75, 3.05) is 5.32 Å². The number of ether oxygens (including phenoxy) is 1. The van der Waals surface area contributed by atoms with Gasteiger partial charge in [0, 0.05) is 36.5 Å². The third kappa shape index (κ3) is 7.73. The van der Waals surface area contributed by atoms with Gasteiger partial charge in [-0.1, -0.05) is 61.2 Å². The van der Waals surface area contributed by atoms with Crippen molar-refractivity contribution >= 4 is 46.8 Å². The Morgan fingerprint density at radius 2 is 1.79 bits per heavy atom. The summed E-state index contributed by atoms with van der Waals surface area (Å²) in [7, 11) is 0. The SMILES string of the molecule is CC(=O)SC(C(=O)Nc1cccc(C(=O)OCc2cccnc2)c1)C(C)c1ccccc1.Cl. The molecule has 0 saturated heterocycles. The lowest BCUT2D eigenvalue weighted by molar-refractivity contribution is -0.116. The van der Waals surface area contributed by atoms with Crippen LogP contribution in [0.4, 0.5) is 5.69 Å². The molecule has 172 valence electrons. The first-order valence-corrected chi connectivity index (χ1v) is 11.0. The van der Waals surface area contributed by atoms with Gasteiger partial charge in [-0.25, -0.2) is 4.79 Å². The third-order valence-electron chi connectivity index (χ3n) is 4.79. The lowest BCUT2D eigenvalue weighted by Crippen LogP contribution is -2.30. The normalized spacial score (nSPS) is 12.1. The number of carbonyl (C=O) groups excluding carboxylic acids is 3. The molecule has 2 unspecified atom stereocenters. The van der Waals surface area contributed by atoms with E-state index < -0.39 is 11.2 Å². The van der Waals surface area contributed by atoms with Gasteiger partial charge in [0.25, 0.3) is 0 Å². The monoisotopic (exact) mass is 484 g/mol. The summed E-state index contributed by atoms with van der Waals surface area (Å²) in [5.74, 6) is -0.988. The van der Waals surface area contributed by atoms with Gasteiger partial charge in [-0.3, -0.25) is 14.6 Å². The molecule has 3 aromatic rings. The number of benzene rings is 2. The van der Waals surface area contributed by atoms with Crippen LogP contribution < -0.4 is 5.32 Å². The van der Waals surface area contributed by atoms with E-state index in [1.165, 1.54) is 6.92 Å². The molecular formula is C25H25ClN2O4S. The van der Waals surface area contributed by atoms with Gasteiger partial charge in [-0.2, -0.15) is 0 Å². The van der Waals surface area contributed by atoms with Crippen LogP contribution in [0.15, 0.2) is 79.1 Å². The number of rotatable bonds is 8. The Kier molecular flexibility index (Phi) is 10.1. The fourth-order valence-corrected chi connectivity index (χ4v) is 4.03. The maximum absolute atomic E-state index is 13.0. The third-order valence-corrected chi connectivity index (χ3v) is 6.00. The molecule has 0 fully saturated rings. The van der Waals surface area contributed by atoms with Crippen LogP contribution in [0.1, 0.15) is 41.3 Å². The molecular weight excluding hydrogens is 460 g/mol. The first kappa shape index (κ1) is 26.1. The fourth-order valence-electron chi connectivity index (χ4n) is 3.15. The van der Waals surface area contributed by atoms with E-state index in [1.807, 2.05) is 43.3 Å². The number of halogens is 1. The molecule has 3 rings (SSSR count). The molecule has 1 heterocycles. The molecule has 6 nitrogen and oxygen atoms in total. The van der Waals surface area contributed by atoms with Gasteiger partial charge in [0.1, 0.15) is 6.61 Å². The molecule has 0 aliphatic rings. The zero-order valence-electron chi connectivity index (χ0n) is 18.3. The zero-order chi connectivity index (χ0) is 22.9. The molecule has 0 bridgehead atoms. The molecule has 1 aromatic heterocycles. The van der Waals surface area contributed by atoms with Crippen molar-refractivity contribution in [1.82, 2.24) is 4.98 Å². The predicted molar refractivity (Wildman–Crippen MR) is 133 cm³/mol. The van der Waals surface area contributed by atoms with Gasteiger partial charge in [-0.05, 0) is 29.8 Å². The quantitative estimate of drug-likeness (QED) is 0.439. The molecule has 1 N–H and O–H groups in total. The van der Waals surface area contributed by atoms with Crippen molar-refractivity contribution in [3.63, 3.8) is 0 Å². The summed E-state index contributed by atoms with van der Waals surface area (Å²) >= 11 is 0.998. The van der Waals surface area contributed by atoms with Crippen LogP contribution in [0.2, 0.25) is 0 Å². The van der Waals surface area contributed by atoms with Gasteiger partial charge < -0.3 is 10.1 Å². The van der Waals surface area contributed by atoms with E-state index >= 15 is 0 Å². The molecule has 0 saturated carbocycles. The number of aromatic nitrogens is 1. The number of nitrogens with one attached hydrogen (secondary N) is 1. The highest BCUT2D eigenvalue weighted by atomic mass is 35.5. The maximum atomic E-state index is 13.0. The predicted octanol–water partition coefficient (Wildman–Crippen LogP) is 5.25. The van der Waals surface area contributed by atoms with Crippen LogP contribution >= 0.6 is 24.2 Å². The van der Waals surface area contributed by atoms with E-state index in [2.05, 4.69) is 10.3 Å². The van der Waals surface area contributed by atoms with Crippen molar-refractivity contribution in [2.24, 2.45) is 0 Å². The van der Waals surface area contributed by atoms with E-state index in [4.69, 9.17) is 4.74 Å². The first-order chi connectivity index (χ1) is 15.4. The van der Waals surface area contributed by atoms with Crippen LogP contribution in [0.25, 0.3) is 0 Å². The van der Waals surface area contributed by atoms with Gasteiger partial charge >= 0.3 is 5.97 Å². The number of carbonyl (C=O) groups is 3. The van der Waals surface area contributed by atoms with Crippen molar-refractivity contribution in [1.29, 1.82) is 0 Å². The summed E-state index contributed by atoms with van der Waals surface area (Å²) in [6.45, 7) is 3.47. The van der Waals surface area contributed by atoms with Crippen molar-refractivity contribution < 1.29 is 19.1 Å². The Balaban J connectivity index is 0.00000385. The first-order valence-electron chi connectivity index (χ1n) is 10.1. The number of thioether (sulfide) groups is 1. The van der Waals surface area contributed by atoms with Crippen molar-refractivity contribution in [2.45, 2.75) is 31.6 Å². The lowest BCUT2D eigenvalue weighted by Gasteiger charge is -2.22. The summed E-state index contributed by atoms with van der Waals surface area (Å²) in [5, 5.41) is 2.08. The Bertz CT molecular complexity index is 1080. The van der Waals surface area contributed by atoms with E-state index in [9.17, 15) is 14.4 Å². The highest BCUT2D eigenvalue weighted by Gasteiger charge is 2.28. The molecule has 0 radical (unpaired) electrons. The van der Waals surface area contributed by atoms with E-state index in [0.717, 1.165) is 22.9 Å². The van der Waals surface area contributed by atoms with E-state index in [-0.39, 0.29) is 36.0 Å².